The first-order valence-corrected chi connectivity index (χ1v) is 12.4. The Morgan fingerprint density at radius 3 is 2.84 bits per heavy atom. The van der Waals surface area contributed by atoms with Crippen LogP contribution in [-0.2, 0) is 6.42 Å². The molecule has 0 saturated carbocycles. The van der Waals surface area contributed by atoms with Crippen LogP contribution in [0.4, 0.5) is 9.18 Å². The monoisotopic (exact) mass is 516 g/mol. The van der Waals surface area contributed by atoms with Gasteiger partial charge >= 0.3 is 6.09 Å². The number of halogens is 1. The lowest BCUT2D eigenvalue weighted by atomic mass is 10.1. The highest BCUT2D eigenvalue weighted by Crippen LogP contribution is 2.43. The number of amides is 1. The van der Waals surface area contributed by atoms with Crippen molar-refractivity contribution in [1.29, 1.82) is 0 Å². The van der Waals surface area contributed by atoms with Crippen LogP contribution in [0.25, 0.3) is 31.8 Å². The summed E-state index contributed by atoms with van der Waals surface area (Å²) >= 11 is 1.46. The van der Waals surface area contributed by atoms with Crippen molar-refractivity contribution in [3.05, 3.63) is 71.7 Å². The average molecular weight is 517 g/mol. The number of aryl methyl sites for hydroxylation is 1. The van der Waals surface area contributed by atoms with E-state index in [0.29, 0.717) is 39.6 Å². The lowest BCUT2D eigenvalue weighted by molar-refractivity contribution is 0.184. The zero-order chi connectivity index (χ0) is 25.5. The van der Waals surface area contributed by atoms with Crippen molar-refractivity contribution in [1.82, 2.24) is 20.3 Å². The summed E-state index contributed by atoms with van der Waals surface area (Å²) in [5.74, 6) is 0.585. The second-order valence-corrected chi connectivity index (χ2v) is 9.65. The summed E-state index contributed by atoms with van der Waals surface area (Å²) in [5.41, 5.74) is 4.50. The predicted octanol–water partition coefficient (Wildman–Crippen LogP) is 5.45. The molecule has 0 saturated heterocycles. The molecule has 0 bridgehead atoms. The molecule has 5 aromatic rings. The second-order valence-electron chi connectivity index (χ2n) is 8.65. The Bertz CT molecular complexity index is 1660. The molecule has 3 aromatic carbocycles. The highest BCUT2D eigenvalue weighted by molar-refractivity contribution is 7.22. The van der Waals surface area contributed by atoms with Gasteiger partial charge in [0.15, 0.2) is 11.6 Å². The van der Waals surface area contributed by atoms with E-state index in [-0.39, 0.29) is 12.3 Å². The van der Waals surface area contributed by atoms with Crippen molar-refractivity contribution >= 4 is 38.7 Å². The molecule has 2 aromatic heterocycles. The van der Waals surface area contributed by atoms with Gasteiger partial charge in [0.2, 0.25) is 5.88 Å². The number of carbonyl (C=O) groups excluding carboxylic acids is 1. The Kier molecular flexibility index (Phi) is 5.80. The molecule has 0 spiro atoms. The van der Waals surface area contributed by atoms with Gasteiger partial charge in [-0.1, -0.05) is 18.2 Å². The number of rotatable bonds is 5. The van der Waals surface area contributed by atoms with Crippen LogP contribution in [0, 0.1) is 12.7 Å². The molecule has 0 radical (unpaired) electrons. The molecule has 0 fully saturated rings. The minimum atomic E-state index is -0.597. The zero-order valence-electron chi connectivity index (χ0n) is 19.9. The maximum absolute atomic E-state index is 15.0. The molecular weight excluding hydrogens is 495 g/mol. The number of benzene rings is 3. The Hall–Kier alpha value is -4.31. The van der Waals surface area contributed by atoms with E-state index in [1.54, 1.807) is 37.6 Å². The van der Waals surface area contributed by atoms with Crippen LogP contribution in [0.2, 0.25) is 0 Å². The van der Waals surface area contributed by atoms with E-state index in [9.17, 15) is 9.18 Å². The Labute approximate surface area is 215 Å². The van der Waals surface area contributed by atoms with Crippen LogP contribution in [0.15, 0.2) is 54.7 Å². The smallest absolute Gasteiger partial charge is 0.412 e. The zero-order valence-corrected chi connectivity index (χ0v) is 20.8. The quantitative estimate of drug-likeness (QED) is 0.332. The highest BCUT2D eigenvalue weighted by atomic mass is 32.1. The molecule has 6 rings (SSSR count). The Balaban J connectivity index is 1.27. The van der Waals surface area contributed by atoms with Gasteiger partial charge < -0.3 is 19.5 Å². The molecular formula is C27H21FN4O4S. The van der Waals surface area contributed by atoms with E-state index >= 15 is 0 Å². The maximum atomic E-state index is 15.0. The summed E-state index contributed by atoms with van der Waals surface area (Å²) in [7, 11) is 1.55. The van der Waals surface area contributed by atoms with Gasteiger partial charge in [0, 0.05) is 23.6 Å². The van der Waals surface area contributed by atoms with Crippen LogP contribution in [0.3, 0.4) is 0 Å². The normalized spacial score (nSPS) is 14.4. The van der Waals surface area contributed by atoms with Crippen LogP contribution in [0.1, 0.15) is 11.1 Å². The van der Waals surface area contributed by atoms with Gasteiger partial charge in [-0.05, 0) is 36.8 Å². The number of ether oxygens (including phenoxy) is 3. The number of fused-ring (bicyclic) bond motifs is 4. The van der Waals surface area contributed by atoms with Crippen molar-refractivity contribution in [2.24, 2.45) is 0 Å². The van der Waals surface area contributed by atoms with Gasteiger partial charge in [-0.15, -0.1) is 11.3 Å². The summed E-state index contributed by atoms with van der Waals surface area (Å²) in [5, 5.41) is 3.41. The predicted molar refractivity (Wildman–Crippen MR) is 138 cm³/mol. The number of aromatic nitrogens is 3. The molecule has 3 heterocycles. The average Bonchev–Trinajstić information content (AvgIpc) is 3.52. The van der Waals surface area contributed by atoms with Gasteiger partial charge in [0.1, 0.15) is 16.9 Å². The van der Waals surface area contributed by atoms with E-state index in [2.05, 4.69) is 15.3 Å². The van der Waals surface area contributed by atoms with E-state index < -0.39 is 18.0 Å². The van der Waals surface area contributed by atoms with Gasteiger partial charge in [-0.2, -0.15) is 0 Å². The first kappa shape index (κ1) is 23.1. The van der Waals surface area contributed by atoms with Crippen molar-refractivity contribution in [3.8, 4) is 28.0 Å². The van der Waals surface area contributed by atoms with Gasteiger partial charge in [-0.3, -0.25) is 0 Å². The number of methoxy groups -OCH3 is 1. The molecule has 10 heteroatoms. The SMILES string of the molecule is COc1cnc2c(-c3nc4cc(F)c5c(c4s3)C[C@H](CNC(=O)Oc3ccccc3)O5)cc(C)cc2n1. The van der Waals surface area contributed by atoms with Crippen LogP contribution in [-0.4, -0.2) is 40.8 Å². The van der Waals surface area contributed by atoms with Crippen molar-refractivity contribution < 1.29 is 23.4 Å². The largest absolute Gasteiger partial charge is 0.485 e. The third-order valence-corrected chi connectivity index (χ3v) is 7.20. The fourth-order valence-electron chi connectivity index (χ4n) is 4.39. The van der Waals surface area contributed by atoms with E-state index in [1.165, 1.54) is 17.4 Å². The van der Waals surface area contributed by atoms with E-state index in [4.69, 9.17) is 19.2 Å². The first-order valence-electron chi connectivity index (χ1n) is 11.6. The molecule has 37 heavy (non-hydrogen) atoms. The minimum absolute atomic E-state index is 0.173. The van der Waals surface area contributed by atoms with Crippen LogP contribution >= 0.6 is 11.3 Å². The van der Waals surface area contributed by atoms with E-state index in [0.717, 1.165) is 21.4 Å². The summed E-state index contributed by atoms with van der Waals surface area (Å²) in [6, 6.07) is 14.1. The van der Waals surface area contributed by atoms with Gasteiger partial charge in [-0.25, -0.2) is 24.1 Å². The van der Waals surface area contributed by atoms with Crippen molar-refractivity contribution in [3.63, 3.8) is 0 Å². The number of nitrogens with zero attached hydrogens (tertiary/aromatic N) is 3. The number of hydrogen-bond donors (Lipinski definition) is 1. The minimum Gasteiger partial charge on any atom is -0.485 e. The lowest BCUT2D eigenvalue weighted by Crippen LogP contribution is -2.36. The number of thiazole rings is 1. The number of hydrogen-bond acceptors (Lipinski definition) is 8. The van der Waals surface area contributed by atoms with E-state index in [1.807, 2.05) is 25.1 Å². The third-order valence-electron chi connectivity index (χ3n) is 6.03. The molecule has 1 N–H and O–H groups in total. The van der Waals surface area contributed by atoms with Crippen LogP contribution < -0.4 is 19.5 Å². The highest BCUT2D eigenvalue weighted by Gasteiger charge is 2.30. The maximum Gasteiger partial charge on any atom is 0.412 e. The summed E-state index contributed by atoms with van der Waals surface area (Å²) in [6.07, 6.45) is 0.977. The second kappa shape index (κ2) is 9.29. The first-order chi connectivity index (χ1) is 18.0. The molecule has 1 atom stereocenters. The molecule has 186 valence electrons. The molecule has 0 unspecified atom stereocenters. The number of carbonyl (C=O) groups is 1. The molecule has 1 aliphatic heterocycles. The van der Waals surface area contributed by atoms with Gasteiger partial charge in [0.25, 0.3) is 0 Å². The van der Waals surface area contributed by atoms with Crippen molar-refractivity contribution in [2.45, 2.75) is 19.4 Å². The third kappa shape index (κ3) is 4.40. The van der Waals surface area contributed by atoms with Crippen molar-refractivity contribution in [2.75, 3.05) is 13.7 Å². The summed E-state index contributed by atoms with van der Waals surface area (Å²) in [4.78, 5) is 25.9. The molecule has 0 aliphatic carbocycles. The fraction of sp³-hybridized carbons (Fsp3) is 0.185. The number of nitrogens with one attached hydrogen (secondary N) is 1. The standard InChI is InChI=1S/C27H21FN4O4S/c1-14-8-17(23-20(9-14)31-22(34-2)13-29-23)26-32-21-11-19(28)24-18(25(21)37-26)10-16(35-24)12-30-27(33)36-15-6-4-3-5-7-15/h3-9,11,13,16H,10,12H2,1-2H3,(H,30,33)/t16-/m1/s1. The topological polar surface area (TPSA) is 95.5 Å². The van der Waals surface area contributed by atoms with Crippen LogP contribution in [0.5, 0.6) is 17.4 Å². The number of para-hydroxylation sites is 1. The summed E-state index contributed by atoms with van der Waals surface area (Å²) in [6.45, 7) is 2.15. The lowest BCUT2D eigenvalue weighted by Gasteiger charge is -2.12. The fourth-order valence-corrected chi connectivity index (χ4v) is 5.51. The molecule has 1 aliphatic rings. The van der Waals surface area contributed by atoms with Gasteiger partial charge in [0.05, 0.1) is 41.1 Å². The Morgan fingerprint density at radius 2 is 2.03 bits per heavy atom. The molecule has 8 nitrogen and oxygen atoms in total. The Morgan fingerprint density at radius 1 is 1.19 bits per heavy atom. The molecule has 1 amide bonds. The summed E-state index contributed by atoms with van der Waals surface area (Å²) < 4.78 is 32.2.